The van der Waals surface area contributed by atoms with E-state index in [-0.39, 0.29) is 0 Å². The number of hydrogen-bond donors (Lipinski definition) is 6. The van der Waals surface area contributed by atoms with Gasteiger partial charge in [-0.15, -0.1) is 0 Å². The lowest BCUT2D eigenvalue weighted by Crippen LogP contribution is -2.44. The van der Waals surface area contributed by atoms with Gasteiger partial charge < -0.3 is 30.3 Å². The van der Waals surface area contributed by atoms with Crippen molar-refractivity contribution in [3.8, 4) is 0 Å². The molecule has 0 atom stereocenters. The van der Waals surface area contributed by atoms with E-state index in [1.165, 1.54) is 27.4 Å². The molecule has 2 aromatic carbocycles. The van der Waals surface area contributed by atoms with Crippen LogP contribution >= 0.6 is 0 Å². The summed E-state index contributed by atoms with van der Waals surface area (Å²) in [7, 11) is -2.17. The van der Waals surface area contributed by atoms with Crippen LogP contribution in [0.15, 0.2) is 42.5 Å². The molecule has 0 aliphatic carbocycles. The standard InChI is InChI=1S/C13H11N.C6H14O2.BH3O3/c1-9-5-4-8-12-13(9)10-6-2-3-7-11(10)14-12;1-5(2,7)6(3,4)8;2-1(3)4/h2-8,14H,1H3;7-8H,1-4H3;2-4H. The summed E-state index contributed by atoms with van der Waals surface area (Å²) in [6, 6.07) is 14.8. The first-order chi connectivity index (χ1) is 11.8. The molecule has 0 fully saturated rings. The van der Waals surface area contributed by atoms with Crippen LogP contribution in [0.3, 0.4) is 0 Å². The van der Waals surface area contributed by atoms with Gasteiger partial charge in [-0.05, 0) is 52.3 Å². The van der Waals surface area contributed by atoms with Gasteiger partial charge in [0.05, 0.1) is 11.2 Å². The van der Waals surface area contributed by atoms with E-state index in [1.54, 1.807) is 27.7 Å². The molecule has 1 aromatic heterocycles. The Bertz CT molecular complexity index is 816. The lowest BCUT2D eigenvalue weighted by atomic mass is 9.90. The SMILES string of the molecule is CC(C)(O)C(C)(C)O.Cc1cccc2[nH]c3ccccc3c12.OB(O)O. The summed E-state index contributed by atoms with van der Waals surface area (Å²) >= 11 is 0. The van der Waals surface area contributed by atoms with E-state index >= 15 is 0 Å². The van der Waals surface area contributed by atoms with Crippen molar-refractivity contribution in [1.29, 1.82) is 0 Å². The Morgan fingerprint density at radius 2 is 1.23 bits per heavy atom. The van der Waals surface area contributed by atoms with Crippen LogP contribution in [0, 0.1) is 6.92 Å². The second-order valence-corrected chi connectivity index (χ2v) is 7.13. The number of aromatic amines is 1. The van der Waals surface area contributed by atoms with E-state index < -0.39 is 18.5 Å². The summed E-state index contributed by atoms with van der Waals surface area (Å²) in [5.74, 6) is 0. The first kappa shape index (κ1) is 22.1. The number of benzene rings is 2. The summed E-state index contributed by atoms with van der Waals surface area (Å²) in [5.41, 5.74) is 1.77. The molecule has 0 unspecified atom stereocenters. The first-order valence-corrected chi connectivity index (χ1v) is 8.29. The highest BCUT2D eigenvalue weighted by molar-refractivity contribution is 6.30. The molecule has 7 heteroatoms. The molecular weight excluding hydrogens is 333 g/mol. The Morgan fingerprint density at radius 3 is 1.73 bits per heavy atom. The molecule has 0 saturated heterocycles. The first-order valence-electron chi connectivity index (χ1n) is 8.29. The van der Waals surface area contributed by atoms with E-state index in [0.29, 0.717) is 0 Å². The third-order valence-electron chi connectivity index (χ3n) is 4.24. The number of hydrogen-bond acceptors (Lipinski definition) is 5. The Hall–Kier alpha value is -1.90. The van der Waals surface area contributed by atoms with Crippen molar-refractivity contribution in [2.24, 2.45) is 0 Å². The second-order valence-electron chi connectivity index (χ2n) is 7.13. The van der Waals surface area contributed by atoms with Crippen molar-refractivity contribution in [2.45, 2.75) is 45.8 Å². The number of fused-ring (bicyclic) bond motifs is 3. The van der Waals surface area contributed by atoms with Crippen molar-refractivity contribution in [3.05, 3.63) is 48.0 Å². The number of nitrogens with one attached hydrogen (secondary N) is 1. The van der Waals surface area contributed by atoms with Gasteiger partial charge in [-0.25, -0.2) is 0 Å². The van der Waals surface area contributed by atoms with Crippen LogP contribution in [0.5, 0.6) is 0 Å². The van der Waals surface area contributed by atoms with Gasteiger partial charge >= 0.3 is 7.32 Å². The monoisotopic (exact) mass is 361 g/mol. The molecule has 0 radical (unpaired) electrons. The predicted molar refractivity (Wildman–Crippen MR) is 106 cm³/mol. The highest BCUT2D eigenvalue weighted by Gasteiger charge is 2.31. The molecule has 6 N–H and O–H groups in total. The zero-order valence-electron chi connectivity index (χ0n) is 15.9. The number of para-hydroxylation sites is 1. The number of aromatic nitrogens is 1. The third-order valence-corrected chi connectivity index (χ3v) is 4.24. The van der Waals surface area contributed by atoms with Gasteiger partial charge in [-0.1, -0.05) is 30.3 Å². The van der Waals surface area contributed by atoms with Crippen LogP contribution in [-0.4, -0.2) is 48.8 Å². The second kappa shape index (κ2) is 8.66. The summed E-state index contributed by atoms with van der Waals surface area (Å²) < 4.78 is 0. The highest BCUT2D eigenvalue weighted by atomic mass is 16.5. The summed E-state index contributed by atoms with van der Waals surface area (Å²) in [6.45, 7) is 8.46. The van der Waals surface area contributed by atoms with Crippen molar-refractivity contribution in [1.82, 2.24) is 4.98 Å². The molecule has 0 saturated carbocycles. The van der Waals surface area contributed by atoms with Gasteiger partial charge in [-0.3, -0.25) is 0 Å². The molecule has 1 heterocycles. The van der Waals surface area contributed by atoms with Gasteiger partial charge in [0.2, 0.25) is 0 Å². The molecule has 0 spiro atoms. The van der Waals surface area contributed by atoms with Crippen LogP contribution in [-0.2, 0) is 0 Å². The van der Waals surface area contributed by atoms with Crippen LogP contribution in [0.25, 0.3) is 21.8 Å². The Kier molecular flexibility index (Phi) is 7.38. The molecule has 26 heavy (non-hydrogen) atoms. The van der Waals surface area contributed by atoms with Crippen LogP contribution in [0.4, 0.5) is 0 Å². The Morgan fingerprint density at radius 1 is 0.769 bits per heavy atom. The van der Waals surface area contributed by atoms with E-state index in [9.17, 15) is 0 Å². The lowest BCUT2D eigenvalue weighted by molar-refractivity contribution is -0.107. The molecule has 6 nitrogen and oxygen atoms in total. The van der Waals surface area contributed by atoms with Crippen LogP contribution in [0.2, 0.25) is 0 Å². The molecule has 0 bridgehead atoms. The fraction of sp³-hybridized carbons (Fsp3) is 0.368. The maximum atomic E-state index is 9.10. The zero-order chi connectivity index (χ0) is 20.1. The van der Waals surface area contributed by atoms with E-state index in [4.69, 9.17) is 25.3 Å². The zero-order valence-corrected chi connectivity index (χ0v) is 15.9. The van der Waals surface area contributed by atoms with Gasteiger partial charge in [0.25, 0.3) is 0 Å². The summed E-state index contributed by atoms with van der Waals surface area (Å²) in [5, 5.41) is 42.4. The van der Waals surface area contributed by atoms with Crippen molar-refractivity contribution in [2.75, 3.05) is 0 Å². The van der Waals surface area contributed by atoms with E-state index in [2.05, 4.69) is 54.4 Å². The number of aryl methyl sites for hydroxylation is 1. The molecule has 0 aliphatic rings. The largest absolute Gasteiger partial charge is 0.631 e. The van der Waals surface area contributed by atoms with Crippen molar-refractivity contribution < 1.29 is 25.3 Å². The Balaban J connectivity index is 0.000000242. The quantitative estimate of drug-likeness (QED) is 0.371. The molecule has 3 rings (SSSR count). The average Bonchev–Trinajstić information content (AvgIpc) is 2.84. The minimum atomic E-state index is -2.17. The van der Waals surface area contributed by atoms with Crippen LogP contribution in [0.1, 0.15) is 33.3 Å². The fourth-order valence-corrected chi connectivity index (χ4v) is 2.08. The molecule has 0 amide bonds. The fourth-order valence-electron chi connectivity index (χ4n) is 2.08. The predicted octanol–water partition coefficient (Wildman–Crippen LogP) is 2.11. The maximum absolute atomic E-state index is 9.10. The normalized spacial score (nSPS) is 11.5. The third kappa shape index (κ3) is 6.12. The van der Waals surface area contributed by atoms with Gasteiger partial charge in [-0.2, -0.15) is 0 Å². The minimum absolute atomic E-state index is 1.01. The Labute approximate surface area is 153 Å². The molecule has 3 aromatic rings. The molecule has 0 aliphatic heterocycles. The van der Waals surface area contributed by atoms with Crippen molar-refractivity contribution >= 4 is 29.1 Å². The summed E-state index contributed by atoms with van der Waals surface area (Å²) in [6.07, 6.45) is 0. The van der Waals surface area contributed by atoms with Crippen molar-refractivity contribution in [3.63, 3.8) is 0 Å². The lowest BCUT2D eigenvalue weighted by Gasteiger charge is -2.31. The number of aliphatic hydroxyl groups is 2. The average molecular weight is 361 g/mol. The molecular formula is C19H28BNO5. The summed E-state index contributed by atoms with van der Waals surface area (Å²) in [4.78, 5) is 3.42. The van der Waals surface area contributed by atoms with Gasteiger partial charge in [0, 0.05) is 21.8 Å². The smallest absolute Gasteiger partial charge is 0.402 e. The highest BCUT2D eigenvalue weighted by Crippen LogP contribution is 2.27. The van der Waals surface area contributed by atoms with Gasteiger partial charge in [0.15, 0.2) is 0 Å². The number of rotatable bonds is 1. The van der Waals surface area contributed by atoms with Gasteiger partial charge in [0.1, 0.15) is 0 Å². The van der Waals surface area contributed by atoms with E-state index in [0.717, 1.165) is 0 Å². The minimum Gasteiger partial charge on any atom is -0.402 e. The number of H-pyrrole nitrogens is 1. The molecule has 142 valence electrons. The maximum Gasteiger partial charge on any atom is 0.631 e. The van der Waals surface area contributed by atoms with E-state index in [1.807, 2.05) is 0 Å². The topological polar surface area (TPSA) is 117 Å². The van der Waals surface area contributed by atoms with Crippen LogP contribution < -0.4 is 0 Å².